The van der Waals surface area contributed by atoms with Crippen LogP contribution < -0.4 is 9.59 Å². The second-order valence-corrected chi connectivity index (χ2v) is 0.559. The van der Waals surface area contributed by atoms with E-state index in [-0.39, 0.29) is 18.6 Å². The second kappa shape index (κ2) is 21.3. The van der Waals surface area contributed by atoms with Crippen LogP contribution in [0.25, 0.3) is 0 Å². The molecule has 3 nitrogen and oxygen atoms in total. The molecular formula is H5ClNO2Sn. The number of quaternary nitrogens is 1. The molecule has 0 saturated heterocycles. The predicted octanol–water partition coefficient (Wildman–Crippen LogP) is -0.891. The summed E-state index contributed by atoms with van der Waals surface area (Å²) in [6, 6.07) is 0. The van der Waals surface area contributed by atoms with Gasteiger partial charge in [0.2, 0.25) is 0 Å². The fourth-order valence-corrected chi connectivity index (χ4v) is 0. The standard InChI is InChI=1S/ClH.H3N.2O.Sn/h1H;1H3;;;/q;;;-1;/p+1. The Bertz CT molecular complexity index is 17.1. The molecule has 0 aliphatic rings. The first-order valence-electron chi connectivity index (χ1n) is 0.408. The molecule has 0 aromatic heterocycles. The summed E-state index contributed by atoms with van der Waals surface area (Å²) < 4.78 is 17.1. The third-order valence-corrected chi connectivity index (χ3v) is 0. The van der Waals surface area contributed by atoms with Crippen molar-refractivity contribution < 1.29 is 6.52 Å². The molecule has 0 unspecified atom stereocenters. The minimum atomic E-state index is -2.27. The van der Waals surface area contributed by atoms with E-state index in [0.29, 0.717) is 0 Å². The first kappa shape index (κ1) is 17.0. The van der Waals surface area contributed by atoms with Gasteiger partial charge in [0.25, 0.3) is 0 Å². The molecule has 0 aromatic rings. The van der Waals surface area contributed by atoms with Crippen molar-refractivity contribution in [2.75, 3.05) is 0 Å². The van der Waals surface area contributed by atoms with Crippen LogP contribution in [0.5, 0.6) is 0 Å². The molecule has 0 rings (SSSR count). The summed E-state index contributed by atoms with van der Waals surface area (Å²) >= 11 is -2.27. The molecule has 1 radical (unpaired) electrons. The van der Waals surface area contributed by atoms with Crippen molar-refractivity contribution in [3.05, 3.63) is 0 Å². The Hall–Kier alpha value is 0.809. The molecule has 0 bridgehead atoms. The van der Waals surface area contributed by atoms with Gasteiger partial charge in [-0.2, -0.15) is 0 Å². The van der Waals surface area contributed by atoms with Gasteiger partial charge in [0.1, 0.15) is 0 Å². The molecule has 0 atom stereocenters. The number of halogens is 1. The predicted molar refractivity (Wildman–Crippen MR) is 19.7 cm³/mol. The summed E-state index contributed by atoms with van der Waals surface area (Å²) in [5.74, 6) is 0. The van der Waals surface area contributed by atoms with Crippen LogP contribution in [0.4, 0.5) is 0 Å². The zero-order valence-corrected chi connectivity index (χ0v) is 6.40. The molecule has 4 N–H and O–H groups in total. The van der Waals surface area contributed by atoms with Crippen LogP contribution >= 0.6 is 12.4 Å². The van der Waals surface area contributed by atoms with E-state index < -0.39 is 21.5 Å². The average molecular weight is 205 g/mol. The third-order valence-electron chi connectivity index (χ3n) is 0. The SMILES string of the molecule is Cl.[NH4+].[O]=[Sn][O-]. The van der Waals surface area contributed by atoms with Gasteiger partial charge in [-0.25, -0.2) is 0 Å². The van der Waals surface area contributed by atoms with Gasteiger partial charge in [0, 0.05) is 0 Å². The van der Waals surface area contributed by atoms with E-state index in [2.05, 4.69) is 0 Å². The Kier molecular flexibility index (Phi) is 72.6. The number of hydrogen-bond donors (Lipinski definition) is 1. The molecule has 0 heterocycles. The first-order valence-corrected chi connectivity index (χ1v) is 2.74. The molecule has 0 aromatic carbocycles. The van der Waals surface area contributed by atoms with Crippen LogP contribution in [0, 0.1) is 0 Å². The molecular weight excluding hydrogens is 200 g/mol. The Morgan fingerprint density at radius 2 is 1.60 bits per heavy atom. The molecule has 0 spiro atoms. The van der Waals surface area contributed by atoms with Gasteiger partial charge in [0.15, 0.2) is 0 Å². The van der Waals surface area contributed by atoms with E-state index in [1.54, 1.807) is 0 Å². The summed E-state index contributed by atoms with van der Waals surface area (Å²) in [4.78, 5) is 0. The monoisotopic (exact) mass is 206 g/mol. The molecule has 33 valence electrons. The van der Waals surface area contributed by atoms with Crippen LogP contribution in [0.2, 0.25) is 0 Å². The molecule has 0 fully saturated rings. The fraction of sp³-hybridized carbons (Fsp3) is 0. The van der Waals surface area contributed by atoms with Gasteiger partial charge in [-0.05, 0) is 0 Å². The van der Waals surface area contributed by atoms with Gasteiger partial charge in [0.05, 0.1) is 0 Å². The zero-order valence-electron chi connectivity index (χ0n) is 2.72. The minimum absolute atomic E-state index is 0. The maximum absolute atomic E-state index is 8.54. The molecule has 5 heavy (non-hydrogen) atoms. The van der Waals surface area contributed by atoms with Crippen LogP contribution in [0.3, 0.4) is 0 Å². The van der Waals surface area contributed by atoms with E-state index in [0.717, 1.165) is 0 Å². The van der Waals surface area contributed by atoms with Gasteiger partial charge in [-0.1, -0.05) is 0 Å². The van der Waals surface area contributed by atoms with E-state index in [1.807, 2.05) is 0 Å². The van der Waals surface area contributed by atoms with Crippen molar-refractivity contribution in [2.45, 2.75) is 0 Å². The van der Waals surface area contributed by atoms with Crippen LogP contribution in [0.1, 0.15) is 0 Å². The van der Waals surface area contributed by atoms with Crippen molar-refractivity contribution in [1.82, 2.24) is 6.15 Å². The Morgan fingerprint density at radius 3 is 1.60 bits per heavy atom. The van der Waals surface area contributed by atoms with Gasteiger partial charge >= 0.3 is 28.1 Å². The van der Waals surface area contributed by atoms with E-state index in [4.69, 9.17) is 6.52 Å². The average Bonchev–Trinajstić information content (AvgIpc) is 0.918. The summed E-state index contributed by atoms with van der Waals surface area (Å²) in [6.45, 7) is 0. The fourth-order valence-electron chi connectivity index (χ4n) is 0. The van der Waals surface area contributed by atoms with Crippen LogP contribution in [0.15, 0.2) is 0 Å². The summed E-state index contributed by atoms with van der Waals surface area (Å²) in [5, 5.41) is 0. The molecule has 5 heteroatoms. The summed E-state index contributed by atoms with van der Waals surface area (Å²) in [7, 11) is 0. The second-order valence-electron chi connectivity index (χ2n) is 0.0833. The zero-order chi connectivity index (χ0) is 2.71. The Labute approximate surface area is 46.9 Å². The normalized spacial score (nSPS) is 2.60. The van der Waals surface area contributed by atoms with Crippen molar-refractivity contribution in [3.63, 3.8) is 0 Å². The molecule has 0 aliphatic heterocycles. The van der Waals surface area contributed by atoms with E-state index in [9.17, 15) is 0 Å². The summed E-state index contributed by atoms with van der Waals surface area (Å²) in [5.41, 5.74) is 0. The van der Waals surface area contributed by atoms with Crippen molar-refractivity contribution in [3.8, 4) is 0 Å². The molecule has 0 amide bonds. The maximum atomic E-state index is 8.54. The van der Waals surface area contributed by atoms with E-state index >= 15 is 0 Å². The first-order chi connectivity index (χ1) is 1.41. The quantitative estimate of drug-likeness (QED) is 0.521. The summed E-state index contributed by atoms with van der Waals surface area (Å²) in [6.07, 6.45) is 0. The van der Waals surface area contributed by atoms with Crippen molar-refractivity contribution in [2.24, 2.45) is 0 Å². The van der Waals surface area contributed by atoms with Crippen LogP contribution in [-0.4, -0.2) is 21.5 Å². The third kappa shape index (κ3) is 58.0. The topological polar surface area (TPSA) is 76.6 Å². The number of hydrogen-bond acceptors (Lipinski definition) is 2. The number of rotatable bonds is 0. The van der Waals surface area contributed by atoms with E-state index in [1.165, 1.54) is 0 Å². The molecule has 0 saturated carbocycles. The van der Waals surface area contributed by atoms with Gasteiger partial charge in [-0.3, -0.25) is 0 Å². The van der Waals surface area contributed by atoms with Crippen molar-refractivity contribution in [1.29, 1.82) is 0 Å². The molecule has 0 aliphatic carbocycles. The van der Waals surface area contributed by atoms with Gasteiger partial charge < -0.3 is 6.15 Å². The Balaban J connectivity index is -0.0000000200. The van der Waals surface area contributed by atoms with Crippen LogP contribution in [-0.2, 0) is 3.08 Å². The van der Waals surface area contributed by atoms with Crippen molar-refractivity contribution >= 4 is 33.9 Å². The Morgan fingerprint density at radius 1 is 1.60 bits per heavy atom. The van der Waals surface area contributed by atoms with Gasteiger partial charge in [-0.15, -0.1) is 12.4 Å².